The topological polar surface area (TPSA) is 32.3 Å². The third-order valence-corrected chi connectivity index (χ3v) is 2.50. The first kappa shape index (κ1) is 8.17. The Morgan fingerprint density at radius 3 is 2.69 bits per heavy atom. The summed E-state index contributed by atoms with van der Waals surface area (Å²) in [6.07, 6.45) is 1.79. The molecule has 13 heavy (non-hydrogen) atoms. The van der Waals surface area contributed by atoms with Crippen molar-refractivity contribution in [3.05, 3.63) is 34.9 Å². The van der Waals surface area contributed by atoms with Gasteiger partial charge in [-0.15, -0.1) is 0 Å². The van der Waals surface area contributed by atoms with Crippen molar-refractivity contribution in [2.45, 2.75) is 13.8 Å². The number of fused-ring (bicyclic) bond motifs is 1. The molecular weight excluding hydrogens is 162 g/mol. The second-order valence-electron chi connectivity index (χ2n) is 3.45. The quantitative estimate of drug-likeness (QED) is 0.635. The molecule has 1 aromatic rings. The lowest BCUT2D eigenvalue weighted by molar-refractivity contribution is 0.509. The largest absolute Gasteiger partial charge is 0.508 e. The van der Waals surface area contributed by atoms with E-state index < -0.39 is 0 Å². The Balaban J connectivity index is 2.61. The van der Waals surface area contributed by atoms with Crippen LogP contribution in [0, 0.1) is 13.8 Å². The Kier molecular flexibility index (Phi) is 1.76. The molecule has 0 aliphatic carbocycles. The van der Waals surface area contributed by atoms with E-state index in [2.05, 4.69) is 25.2 Å². The van der Waals surface area contributed by atoms with Crippen molar-refractivity contribution < 1.29 is 5.11 Å². The van der Waals surface area contributed by atoms with E-state index in [1.165, 1.54) is 11.1 Å². The van der Waals surface area contributed by atoms with Gasteiger partial charge in [0.15, 0.2) is 0 Å². The molecule has 0 radical (unpaired) electrons. The van der Waals surface area contributed by atoms with E-state index in [4.69, 9.17) is 0 Å². The molecule has 2 nitrogen and oxygen atoms in total. The van der Waals surface area contributed by atoms with E-state index in [0.29, 0.717) is 12.3 Å². The normalized spacial score (nSPS) is 14.5. The average molecular weight is 175 g/mol. The fourth-order valence-electron chi connectivity index (χ4n) is 1.54. The average Bonchev–Trinajstić information content (AvgIpc) is 2.09. The number of hydrogen-bond donors (Lipinski definition) is 2. The van der Waals surface area contributed by atoms with Crippen LogP contribution >= 0.6 is 0 Å². The predicted octanol–water partition coefficient (Wildman–Crippen LogP) is 2.63. The van der Waals surface area contributed by atoms with E-state index in [1.807, 2.05) is 6.07 Å². The highest BCUT2D eigenvalue weighted by Crippen LogP contribution is 2.28. The number of aliphatic hydroxyl groups is 1. The van der Waals surface area contributed by atoms with E-state index in [-0.39, 0.29) is 0 Å². The molecule has 0 fully saturated rings. The van der Waals surface area contributed by atoms with Gasteiger partial charge in [0.1, 0.15) is 5.76 Å². The van der Waals surface area contributed by atoms with Gasteiger partial charge in [-0.05, 0) is 43.2 Å². The molecule has 0 saturated carbocycles. The highest BCUT2D eigenvalue weighted by Gasteiger charge is 2.11. The van der Waals surface area contributed by atoms with E-state index in [9.17, 15) is 5.11 Å². The van der Waals surface area contributed by atoms with Gasteiger partial charge in [-0.3, -0.25) is 0 Å². The lowest BCUT2D eigenvalue weighted by Gasteiger charge is -2.17. The zero-order valence-electron chi connectivity index (χ0n) is 7.89. The van der Waals surface area contributed by atoms with Crippen LogP contribution < -0.4 is 5.32 Å². The maximum atomic E-state index is 9.60. The van der Waals surface area contributed by atoms with Gasteiger partial charge in [-0.25, -0.2) is 0 Å². The molecule has 1 aromatic carbocycles. The van der Waals surface area contributed by atoms with Crippen LogP contribution in [0.1, 0.15) is 16.7 Å². The number of aliphatic hydroxyl groups excluding tert-OH is 1. The molecule has 1 aliphatic heterocycles. The lowest BCUT2D eigenvalue weighted by atomic mass is 10.0. The molecule has 0 atom stereocenters. The number of nitrogens with one attached hydrogen (secondary N) is 1. The van der Waals surface area contributed by atoms with Gasteiger partial charge in [0.05, 0.1) is 0 Å². The second-order valence-corrected chi connectivity index (χ2v) is 3.45. The SMILES string of the molecule is Cc1cc2c(cc1C)C(O)=CCN2. The number of benzene rings is 1. The van der Waals surface area contributed by atoms with Crippen molar-refractivity contribution in [3.63, 3.8) is 0 Å². The molecule has 0 saturated heterocycles. The van der Waals surface area contributed by atoms with Crippen molar-refractivity contribution in [3.8, 4) is 0 Å². The molecule has 2 heteroatoms. The molecule has 0 aromatic heterocycles. The summed E-state index contributed by atoms with van der Waals surface area (Å²) in [5.41, 5.74) is 4.40. The molecular formula is C11H13NO. The molecule has 0 unspecified atom stereocenters. The van der Waals surface area contributed by atoms with Gasteiger partial charge in [-0.2, -0.15) is 0 Å². The Bertz CT molecular complexity index is 380. The molecule has 0 amide bonds. The fourth-order valence-corrected chi connectivity index (χ4v) is 1.54. The third kappa shape index (κ3) is 1.28. The Labute approximate surface area is 77.9 Å². The number of rotatable bonds is 0. The van der Waals surface area contributed by atoms with Crippen LogP contribution in [0.5, 0.6) is 0 Å². The Morgan fingerprint density at radius 1 is 1.23 bits per heavy atom. The van der Waals surface area contributed by atoms with Crippen LogP contribution in [0.15, 0.2) is 18.2 Å². The highest BCUT2D eigenvalue weighted by atomic mass is 16.3. The van der Waals surface area contributed by atoms with Crippen LogP contribution in [0.25, 0.3) is 5.76 Å². The molecule has 0 bridgehead atoms. The summed E-state index contributed by atoms with van der Waals surface area (Å²) in [6, 6.07) is 4.09. The lowest BCUT2D eigenvalue weighted by Crippen LogP contribution is -2.08. The maximum absolute atomic E-state index is 9.60. The molecule has 68 valence electrons. The van der Waals surface area contributed by atoms with Gasteiger partial charge < -0.3 is 10.4 Å². The number of aryl methyl sites for hydroxylation is 2. The van der Waals surface area contributed by atoms with Crippen molar-refractivity contribution in [2.24, 2.45) is 0 Å². The minimum Gasteiger partial charge on any atom is -0.508 e. The summed E-state index contributed by atoms with van der Waals surface area (Å²) in [7, 11) is 0. The maximum Gasteiger partial charge on any atom is 0.122 e. The summed E-state index contributed by atoms with van der Waals surface area (Å²) < 4.78 is 0. The van der Waals surface area contributed by atoms with E-state index in [0.717, 1.165) is 11.3 Å². The minimum absolute atomic E-state index is 0.386. The van der Waals surface area contributed by atoms with Crippen molar-refractivity contribution >= 4 is 11.4 Å². The summed E-state index contributed by atoms with van der Waals surface area (Å²) in [4.78, 5) is 0. The first-order chi connectivity index (χ1) is 6.18. The van der Waals surface area contributed by atoms with E-state index >= 15 is 0 Å². The first-order valence-corrected chi connectivity index (χ1v) is 4.43. The van der Waals surface area contributed by atoms with Gasteiger partial charge in [0, 0.05) is 17.8 Å². The van der Waals surface area contributed by atoms with Crippen molar-refractivity contribution in [1.29, 1.82) is 0 Å². The number of hydrogen-bond acceptors (Lipinski definition) is 2. The highest BCUT2D eigenvalue weighted by molar-refractivity contribution is 5.76. The molecule has 2 rings (SSSR count). The van der Waals surface area contributed by atoms with Gasteiger partial charge in [0.25, 0.3) is 0 Å². The van der Waals surface area contributed by atoms with Crippen LogP contribution in [-0.2, 0) is 0 Å². The monoisotopic (exact) mass is 175 g/mol. The smallest absolute Gasteiger partial charge is 0.122 e. The summed E-state index contributed by atoms with van der Waals surface area (Å²) >= 11 is 0. The predicted molar refractivity (Wildman–Crippen MR) is 55.0 cm³/mol. The molecule has 0 spiro atoms. The van der Waals surface area contributed by atoms with Crippen molar-refractivity contribution in [1.82, 2.24) is 0 Å². The summed E-state index contributed by atoms with van der Waals surface area (Å²) in [5, 5.41) is 12.8. The molecule has 2 N–H and O–H groups in total. The Hall–Kier alpha value is -1.44. The summed E-state index contributed by atoms with van der Waals surface area (Å²) in [6.45, 7) is 4.84. The fraction of sp³-hybridized carbons (Fsp3) is 0.273. The van der Waals surface area contributed by atoms with Gasteiger partial charge in [-0.1, -0.05) is 0 Å². The second kappa shape index (κ2) is 2.80. The van der Waals surface area contributed by atoms with Crippen LogP contribution in [0.2, 0.25) is 0 Å². The van der Waals surface area contributed by atoms with E-state index in [1.54, 1.807) is 6.08 Å². The van der Waals surface area contributed by atoms with Gasteiger partial charge >= 0.3 is 0 Å². The molecule has 1 heterocycles. The van der Waals surface area contributed by atoms with Gasteiger partial charge in [0.2, 0.25) is 0 Å². The zero-order chi connectivity index (χ0) is 9.42. The van der Waals surface area contributed by atoms with Crippen molar-refractivity contribution in [2.75, 3.05) is 11.9 Å². The van der Waals surface area contributed by atoms with Crippen LogP contribution in [0.4, 0.5) is 5.69 Å². The first-order valence-electron chi connectivity index (χ1n) is 4.43. The summed E-state index contributed by atoms with van der Waals surface area (Å²) in [5.74, 6) is 0.386. The minimum atomic E-state index is 0.386. The van der Waals surface area contributed by atoms with Crippen LogP contribution in [0.3, 0.4) is 0 Å². The number of anilines is 1. The standard InChI is InChI=1S/C11H13NO/c1-7-5-9-10(6-8(7)2)12-4-3-11(9)13/h3,5-6,12-13H,4H2,1-2H3. The molecule has 1 aliphatic rings. The van der Waals surface area contributed by atoms with Crippen LogP contribution in [-0.4, -0.2) is 11.7 Å². The third-order valence-electron chi connectivity index (χ3n) is 2.50. The Morgan fingerprint density at radius 2 is 1.92 bits per heavy atom. The zero-order valence-corrected chi connectivity index (χ0v) is 7.89.